The number of rotatable bonds is 6. The van der Waals surface area contributed by atoms with Crippen molar-refractivity contribution in [3.8, 4) is 0 Å². The van der Waals surface area contributed by atoms with Crippen LogP contribution in [-0.4, -0.2) is 66.8 Å². The normalized spacial score (nSPS) is 35.0. The molecule has 0 spiro atoms. The predicted octanol–water partition coefficient (Wildman–Crippen LogP) is 2.04. The fourth-order valence-corrected chi connectivity index (χ4v) is 4.82. The maximum atomic E-state index is 11.1. The zero-order valence-corrected chi connectivity index (χ0v) is 16.6. The molecule has 3 fully saturated rings. The molecule has 3 saturated heterocycles. The van der Waals surface area contributed by atoms with Crippen LogP contribution in [0.3, 0.4) is 0 Å². The maximum Gasteiger partial charge on any atom is 0.176 e. The Bertz CT molecular complexity index is 588. The van der Waals surface area contributed by atoms with Crippen LogP contribution in [0.4, 0.5) is 0 Å². The summed E-state index contributed by atoms with van der Waals surface area (Å²) in [6.45, 7) is 7.85. The summed E-state index contributed by atoms with van der Waals surface area (Å²) >= 11 is 0. The molecule has 0 aromatic heterocycles. The molecule has 0 saturated carbocycles. The summed E-state index contributed by atoms with van der Waals surface area (Å²) in [4.78, 5) is 2.41. The van der Waals surface area contributed by atoms with Gasteiger partial charge in [0.25, 0.3) is 0 Å². The third kappa shape index (κ3) is 4.38. The van der Waals surface area contributed by atoms with Gasteiger partial charge in [-0.3, -0.25) is 4.90 Å². The molecule has 4 rings (SSSR count). The van der Waals surface area contributed by atoms with E-state index in [1.807, 2.05) is 0 Å². The molecule has 5 atom stereocenters. The van der Waals surface area contributed by atoms with Gasteiger partial charge < -0.3 is 19.9 Å². The number of aliphatic hydroxyl groups excluding tert-OH is 1. The number of hydrogen-bond donors (Lipinski definition) is 2. The fraction of sp³-hybridized carbons (Fsp3) is 0.727. The molecule has 5 heteroatoms. The molecule has 0 aliphatic carbocycles. The Morgan fingerprint density at radius 1 is 1.19 bits per heavy atom. The molecule has 3 heterocycles. The van der Waals surface area contributed by atoms with E-state index in [0.717, 1.165) is 32.0 Å². The lowest BCUT2D eigenvalue weighted by Gasteiger charge is -2.46. The number of hydrogen-bond acceptors (Lipinski definition) is 5. The van der Waals surface area contributed by atoms with E-state index in [9.17, 15) is 5.11 Å². The number of likely N-dealkylation sites (tertiary alicyclic amines) is 1. The zero-order valence-electron chi connectivity index (χ0n) is 16.6. The van der Waals surface area contributed by atoms with E-state index in [4.69, 9.17) is 9.47 Å². The van der Waals surface area contributed by atoms with Gasteiger partial charge in [0.05, 0.1) is 24.8 Å². The Balaban J connectivity index is 1.35. The Morgan fingerprint density at radius 3 is 2.63 bits per heavy atom. The molecule has 0 unspecified atom stereocenters. The molecule has 1 aromatic carbocycles. The maximum absolute atomic E-state index is 11.1. The van der Waals surface area contributed by atoms with Crippen LogP contribution in [0.25, 0.3) is 0 Å². The number of fused-ring (bicyclic) bond motifs is 2. The first-order chi connectivity index (χ1) is 13.1. The average molecular weight is 375 g/mol. The number of nitrogens with one attached hydrogen (secondary N) is 1. The van der Waals surface area contributed by atoms with Gasteiger partial charge >= 0.3 is 0 Å². The summed E-state index contributed by atoms with van der Waals surface area (Å²) in [7, 11) is 0. The van der Waals surface area contributed by atoms with Crippen LogP contribution in [0, 0.1) is 11.8 Å². The lowest BCUT2D eigenvalue weighted by molar-refractivity contribution is -0.185. The van der Waals surface area contributed by atoms with E-state index >= 15 is 0 Å². The van der Waals surface area contributed by atoms with Gasteiger partial charge in [-0.1, -0.05) is 44.2 Å². The lowest BCUT2D eigenvalue weighted by Crippen LogP contribution is -2.65. The van der Waals surface area contributed by atoms with Crippen molar-refractivity contribution in [3.63, 3.8) is 0 Å². The standard InChI is InChI=1S/C22H34N2O3/c1-15(2)13-23-19-18-14-26-22(27-18)20(21(19)25)24-10-8-17(9-11-24)12-16-6-4-3-5-7-16/h3-7,15,17-23,25H,8-14H2,1-2H3/t18-,19-,20-,21+,22-/m1/s1. The Hall–Kier alpha value is -0.980. The predicted molar refractivity (Wildman–Crippen MR) is 105 cm³/mol. The second-order valence-electron chi connectivity index (χ2n) is 8.85. The van der Waals surface area contributed by atoms with Gasteiger partial charge in [0.15, 0.2) is 6.29 Å². The van der Waals surface area contributed by atoms with E-state index in [0.29, 0.717) is 12.5 Å². The van der Waals surface area contributed by atoms with Crippen LogP contribution in [-0.2, 0) is 15.9 Å². The Kier molecular flexibility index (Phi) is 6.15. The van der Waals surface area contributed by atoms with Gasteiger partial charge in [0, 0.05) is 0 Å². The summed E-state index contributed by atoms with van der Waals surface area (Å²) < 4.78 is 12.0. The molecule has 150 valence electrons. The van der Waals surface area contributed by atoms with E-state index < -0.39 is 6.10 Å². The Morgan fingerprint density at radius 2 is 1.93 bits per heavy atom. The quantitative estimate of drug-likeness (QED) is 0.798. The molecule has 0 radical (unpaired) electrons. The fourth-order valence-electron chi connectivity index (χ4n) is 4.82. The molecule has 0 amide bonds. The minimum atomic E-state index is -0.444. The summed E-state index contributed by atoms with van der Waals surface area (Å²) in [5, 5.41) is 14.6. The number of nitrogens with zero attached hydrogens (tertiary/aromatic N) is 1. The molecule has 5 nitrogen and oxygen atoms in total. The van der Waals surface area contributed by atoms with Crippen molar-refractivity contribution in [2.75, 3.05) is 26.2 Å². The van der Waals surface area contributed by atoms with Gasteiger partial charge in [-0.25, -0.2) is 0 Å². The first-order valence-corrected chi connectivity index (χ1v) is 10.6. The van der Waals surface area contributed by atoms with Crippen molar-refractivity contribution in [1.29, 1.82) is 0 Å². The molecule has 3 aliphatic rings. The van der Waals surface area contributed by atoms with Crippen molar-refractivity contribution in [2.45, 2.75) is 63.7 Å². The summed E-state index contributed by atoms with van der Waals surface area (Å²) in [6.07, 6.45) is 2.72. The highest BCUT2D eigenvalue weighted by atomic mass is 16.7. The highest BCUT2D eigenvalue weighted by Crippen LogP contribution is 2.34. The third-order valence-corrected chi connectivity index (χ3v) is 6.33. The monoisotopic (exact) mass is 374 g/mol. The van der Waals surface area contributed by atoms with E-state index in [1.165, 1.54) is 18.4 Å². The third-order valence-electron chi connectivity index (χ3n) is 6.33. The van der Waals surface area contributed by atoms with Gasteiger partial charge in [-0.05, 0) is 56.3 Å². The summed E-state index contributed by atoms with van der Waals surface area (Å²) in [5.74, 6) is 1.27. The number of aliphatic hydroxyl groups is 1. The van der Waals surface area contributed by atoms with E-state index in [1.54, 1.807) is 0 Å². The van der Waals surface area contributed by atoms with Crippen LogP contribution in [0.2, 0.25) is 0 Å². The highest BCUT2D eigenvalue weighted by Gasteiger charge is 2.52. The molecule has 1 aromatic rings. The zero-order chi connectivity index (χ0) is 18.8. The molecule has 2 N–H and O–H groups in total. The van der Waals surface area contributed by atoms with E-state index in [2.05, 4.69) is 54.4 Å². The first kappa shape index (κ1) is 19.3. The molecule has 2 bridgehead atoms. The first-order valence-electron chi connectivity index (χ1n) is 10.6. The minimum absolute atomic E-state index is 0.0318. The second kappa shape index (κ2) is 8.58. The highest BCUT2D eigenvalue weighted by molar-refractivity contribution is 5.15. The van der Waals surface area contributed by atoms with Gasteiger partial charge in [0.1, 0.15) is 6.10 Å². The van der Waals surface area contributed by atoms with Crippen molar-refractivity contribution in [2.24, 2.45) is 11.8 Å². The minimum Gasteiger partial charge on any atom is -0.390 e. The molecular weight excluding hydrogens is 340 g/mol. The van der Waals surface area contributed by atoms with Gasteiger partial charge in [-0.15, -0.1) is 0 Å². The van der Waals surface area contributed by atoms with Crippen LogP contribution >= 0.6 is 0 Å². The molecule has 3 aliphatic heterocycles. The van der Waals surface area contributed by atoms with E-state index in [-0.39, 0.29) is 24.5 Å². The van der Waals surface area contributed by atoms with Crippen LogP contribution in [0.5, 0.6) is 0 Å². The Labute approximate surface area is 163 Å². The number of ether oxygens (including phenoxy) is 2. The van der Waals surface area contributed by atoms with Crippen LogP contribution in [0.15, 0.2) is 30.3 Å². The smallest absolute Gasteiger partial charge is 0.176 e. The van der Waals surface area contributed by atoms with Gasteiger partial charge in [0.2, 0.25) is 0 Å². The van der Waals surface area contributed by atoms with Crippen molar-refractivity contribution in [1.82, 2.24) is 10.2 Å². The molecular formula is C22H34N2O3. The SMILES string of the molecule is CC(C)CN[C@H]1[C@H](O)[C@@H](N2CCC(Cc3ccccc3)CC2)[C@@H]2OC[C@H]1O2. The van der Waals surface area contributed by atoms with Gasteiger partial charge in [-0.2, -0.15) is 0 Å². The average Bonchev–Trinajstić information content (AvgIpc) is 3.08. The molecule has 27 heavy (non-hydrogen) atoms. The van der Waals surface area contributed by atoms with Crippen LogP contribution < -0.4 is 5.32 Å². The topological polar surface area (TPSA) is 54.0 Å². The number of piperidine rings is 1. The second-order valence-corrected chi connectivity index (χ2v) is 8.85. The van der Waals surface area contributed by atoms with Crippen molar-refractivity contribution < 1.29 is 14.6 Å². The van der Waals surface area contributed by atoms with Crippen molar-refractivity contribution >= 4 is 0 Å². The lowest BCUT2D eigenvalue weighted by atomic mass is 9.87. The number of benzene rings is 1. The van der Waals surface area contributed by atoms with Crippen LogP contribution in [0.1, 0.15) is 32.3 Å². The summed E-state index contributed by atoms with van der Waals surface area (Å²) in [6, 6.07) is 10.7. The summed E-state index contributed by atoms with van der Waals surface area (Å²) in [5.41, 5.74) is 1.43. The largest absolute Gasteiger partial charge is 0.390 e. The van der Waals surface area contributed by atoms with Crippen molar-refractivity contribution in [3.05, 3.63) is 35.9 Å².